The van der Waals surface area contributed by atoms with Crippen LogP contribution in [0.2, 0.25) is 0 Å². The van der Waals surface area contributed by atoms with E-state index in [2.05, 4.69) is 0 Å². The maximum atomic E-state index is 14.0. The molecule has 0 unspecified atom stereocenters. The van der Waals surface area contributed by atoms with Gasteiger partial charge in [0.2, 0.25) is 0 Å². The van der Waals surface area contributed by atoms with E-state index in [1.807, 2.05) is 32.0 Å². The third-order valence-electron chi connectivity index (χ3n) is 6.07. The molecular weight excluding hydrogens is 470 g/mol. The fourth-order valence-electron chi connectivity index (χ4n) is 4.46. The lowest BCUT2D eigenvalue weighted by atomic mass is 9.97. The molecule has 0 spiro atoms. The van der Waals surface area contributed by atoms with E-state index in [4.69, 9.17) is 4.98 Å². The number of carbonyl (C=O) groups is 1. The second-order valence-electron chi connectivity index (χ2n) is 8.42. The summed E-state index contributed by atoms with van der Waals surface area (Å²) in [5.41, 5.74) is 3.67. The maximum absolute atomic E-state index is 14.0. The van der Waals surface area contributed by atoms with Gasteiger partial charge in [-0.3, -0.25) is 24.3 Å². The van der Waals surface area contributed by atoms with Crippen molar-refractivity contribution in [2.75, 3.05) is 0 Å². The summed E-state index contributed by atoms with van der Waals surface area (Å²) >= 11 is 2.62. The van der Waals surface area contributed by atoms with Crippen LogP contribution in [-0.4, -0.2) is 20.8 Å². The summed E-state index contributed by atoms with van der Waals surface area (Å²) < 4.78 is 1.58. The number of nitrogens with zero attached hydrogens (tertiary/aromatic N) is 3. The molecule has 4 aromatic rings. The molecule has 7 nitrogen and oxygen atoms in total. The molecule has 0 saturated carbocycles. The molecule has 0 saturated heterocycles. The molecular formula is C25H21N3O4S2. The molecule has 1 aliphatic carbocycles. The van der Waals surface area contributed by atoms with Gasteiger partial charge in [-0.05, 0) is 74.6 Å². The average Bonchev–Trinajstić information content (AvgIpc) is 3.19. The summed E-state index contributed by atoms with van der Waals surface area (Å²) in [4.78, 5) is 43.4. The summed E-state index contributed by atoms with van der Waals surface area (Å²) in [6, 6.07) is 10.2. The van der Waals surface area contributed by atoms with Gasteiger partial charge in [-0.25, -0.2) is 4.98 Å². The largest absolute Gasteiger partial charge is 0.298 e. The normalized spacial score (nSPS) is 13.1. The quantitative estimate of drug-likeness (QED) is 0.151. The number of aromatic nitrogens is 2. The van der Waals surface area contributed by atoms with Crippen LogP contribution < -0.4 is 5.56 Å². The van der Waals surface area contributed by atoms with Gasteiger partial charge < -0.3 is 0 Å². The number of hydrogen-bond donors (Lipinski definition) is 0. The van der Waals surface area contributed by atoms with Crippen LogP contribution in [0.25, 0.3) is 15.9 Å². The molecule has 1 aliphatic rings. The number of rotatable bonds is 5. The molecule has 5 rings (SSSR count). The maximum Gasteiger partial charge on any atom is 0.284 e. The first-order valence-corrected chi connectivity index (χ1v) is 12.6. The molecule has 2 aromatic carbocycles. The minimum absolute atomic E-state index is 0.147. The van der Waals surface area contributed by atoms with Crippen molar-refractivity contribution in [2.45, 2.75) is 49.6 Å². The van der Waals surface area contributed by atoms with E-state index in [0.29, 0.717) is 32.2 Å². The highest BCUT2D eigenvalue weighted by molar-refractivity contribution is 7.99. The third-order valence-corrected chi connectivity index (χ3v) is 8.28. The predicted octanol–water partition coefficient (Wildman–Crippen LogP) is 5.81. The fourth-order valence-corrected chi connectivity index (χ4v) is 6.75. The second kappa shape index (κ2) is 8.81. The topological polar surface area (TPSA) is 95.1 Å². The van der Waals surface area contributed by atoms with Crippen LogP contribution in [0.15, 0.2) is 51.2 Å². The Labute approximate surface area is 203 Å². The lowest BCUT2D eigenvalue weighted by molar-refractivity contribution is -0.387. The number of nitro benzene ring substituents is 1. The standard InChI is InChI=1S/C25H21N3O4S2/c1-14-7-9-18(15(2)11-14)27-24(30)22-17-5-3-4-6-20(17)33-23(22)26-25(27)34-21-10-8-16(13-29)12-19(21)28(31)32/h7-13H,3-6H2,1-2H3. The predicted molar refractivity (Wildman–Crippen MR) is 134 cm³/mol. The smallest absolute Gasteiger partial charge is 0.284 e. The number of fused-ring (bicyclic) bond motifs is 3. The zero-order valence-corrected chi connectivity index (χ0v) is 20.3. The first kappa shape index (κ1) is 22.5. The Balaban J connectivity index is 1.78. The first-order valence-electron chi connectivity index (χ1n) is 10.9. The number of nitro groups is 1. The molecule has 0 aliphatic heterocycles. The number of thiophene rings is 1. The van der Waals surface area contributed by atoms with Gasteiger partial charge >= 0.3 is 0 Å². The van der Waals surface area contributed by atoms with Gasteiger partial charge in [0.05, 0.1) is 20.9 Å². The van der Waals surface area contributed by atoms with Gasteiger partial charge in [0.15, 0.2) is 5.16 Å². The van der Waals surface area contributed by atoms with E-state index in [0.717, 1.165) is 54.1 Å². The molecule has 2 aromatic heterocycles. The van der Waals surface area contributed by atoms with Crippen molar-refractivity contribution in [2.24, 2.45) is 0 Å². The van der Waals surface area contributed by atoms with Gasteiger partial charge in [0, 0.05) is 16.5 Å². The summed E-state index contributed by atoms with van der Waals surface area (Å²) in [5, 5.41) is 12.8. The van der Waals surface area contributed by atoms with E-state index in [1.165, 1.54) is 23.1 Å². The SMILES string of the molecule is Cc1ccc(-n2c(Sc3ccc(C=O)cc3[N+](=O)[O-])nc3sc4c(c3c2=O)CCCC4)c(C)c1. The zero-order chi connectivity index (χ0) is 24.0. The summed E-state index contributed by atoms with van der Waals surface area (Å²) in [6.45, 7) is 3.93. The van der Waals surface area contributed by atoms with E-state index in [9.17, 15) is 19.7 Å². The fraction of sp³-hybridized carbons (Fsp3) is 0.240. The number of hydrogen-bond acceptors (Lipinski definition) is 7. The monoisotopic (exact) mass is 491 g/mol. The molecule has 0 bridgehead atoms. The second-order valence-corrected chi connectivity index (χ2v) is 10.5. The minimum Gasteiger partial charge on any atom is -0.298 e. The lowest BCUT2D eigenvalue weighted by Gasteiger charge is -2.16. The molecule has 34 heavy (non-hydrogen) atoms. The summed E-state index contributed by atoms with van der Waals surface area (Å²) in [6.07, 6.45) is 4.54. The number of aryl methyl sites for hydroxylation is 4. The Kier molecular flexibility index (Phi) is 5.83. The Morgan fingerprint density at radius 2 is 1.94 bits per heavy atom. The van der Waals surface area contributed by atoms with Crippen molar-refractivity contribution >= 4 is 45.3 Å². The van der Waals surface area contributed by atoms with Crippen molar-refractivity contribution in [1.29, 1.82) is 0 Å². The van der Waals surface area contributed by atoms with Crippen molar-refractivity contribution in [1.82, 2.24) is 9.55 Å². The first-order chi connectivity index (χ1) is 16.4. The van der Waals surface area contributed by atoms with Crippen LogP contribution in [0, 0.1) is 24.0 Å². The van der Waals surface area contributed by atoms with Crippen molar-refractivity contribution in [3.8, 4) is 5.69 Å². The molecule has 0 atom stereocenters. The Hall–Kier alpha value is -3.30. The lowest BCUT2D eigenvalue weighted by Crippen LogP contribution is -2.23. The molecule has 0 amide bonds. The highest BCUT2D eigenvalue weighted by atomic mass is 32.2. The third kappa shape index (κ3) is 3.84. The number of aldehydes is 1. The average molecular weight is 492 g/mol. The summed E-state index contributed by atoms with van der Waals surface area (Å²) in [7, 11) is 0. The molecule has 0 fully saturated rings. The van der Waals surface area contributed by atoms with Crippen LogP contribution >= 0.6 is 23.1 Å². The molecule has 0 radical (unpaired) electrons. The highest BCUT2D eigenvalue weighted by Crippen LogP contribution is 2.39. The summed E-state index contributed by atoms with van der Waals surface area (Å²) in [5.74, 6) is 0. The van der Waals surface area contributed by atoms with Crippen molar-refractivity contribution in [3.63, 3.8) is 0 Å². The molecule has 172 valence electrons. The number of carbonyl (C=O) groups excluding carboxylic acids is 1. The molecule has 0 N–H and O–H groups in total. The Bertz CT molecular complexity index is 1540. The van der Waals surface area contributed by atoms with Gasteiger partial charge in [-0.2, -0.15) is 0 Å². The Morgan fingerprint density at radius 1 is 1.15 bits per heavy atom. The van der Waals surface area contributed by atoms with Gasteiger partial charge in [-0.1, -0.05) is 23.8 Å². The van der Waals surface area contributed by atoms with Crippen LogP contribution in [0.1, 0.15) is 44.8 Å². The Morgan fingerprint density at radius 3 is 2.68 bits per heavy atom. The number of benzene rings is 2. The van der Waals surface area contributed by atoms with E-state index in [-0.39, 0.29) is 16.8 Å². The van der Waals surface area contributed by atoms with Crippen LogP contribution in [-0.2, 0) is 12.8 Å². The van der Waals surface area contributed by atoms with Gasteiger partial charge in [0.25, 0.3) is 11.2 Å². The molecule has 2 heterocycles. The van der Waals surface area contributed by atoms with Crippen LogP contribution in [0.4, 0.5) is 5.69 Å². The van der Waals surface area contributed by atoms with Crippen molar-refractivity contribution in [3.05, 3.63) is 84.0 Å². The van der Waals surface area contributed by atoms with Gasteiger partial charge in [0.1, 0.15) is 11.1 Å². The van der Waals surface area contributed by atoms with Gasteiger partial charge in [-0.15, -0.1) is 11.3 Å². The highest BCUT2D eigenvalue weighted by Gasteiger charge is 2.25. The van der Waals surface area contributed by atoms with Crippen LogP contribution in [0.3, 0.4) is 0 Å². The molecule has 9 heteroatoms. The van der Waals surface area contributed by atoms with E-state index >= 15 is 0 Å². The van der Waals surface area contributed by atoms with E-state index < -0.39 is 4.92 Å². The van der Waals surface area contributed by atoms with Crippen LogP contribution in [0.5, 0.6) is 0 Å². The minimum atomic E-state index is -0.517. The zero-order valence-electron chi connectivity index (χ0n) is 18.7. The van der Waals surface area contributed by atoms with Crippen molar-refractivity contribution < 1.29 is 9.72 Å². The van der Waals surface area contributed by atoms with E-state index in [1.54, 1.807) is 15.9 Å².